The van der Waals surface area contributed by atoms with E-state index in [0.717, 1.165) is 5.56 Å². The zero-order chi connectivity index (χ0) is 14.7. The second kappa shape index (κ2) is 5.65. The van der Waals surface area contributed by atoms with Crippen LogP contribution in [0.4, 0.5) is 0 Å². The first-order chi connectivity index (χ1) is 9.58. The zero-order valence-corrected chi connectivity index (χ0v) is 11.6. The van der Waals surface area contributed by atoms with Crippen molar-refractivity contribution in [1.29, 1.82) is 0 Å². The molecule has 0 heterocycles. The molecule has 4 nitrogen and oxygen atoms in total. The summed E-state index contributed by atoms with van der Waals surface area (Å²) in [4.78, 5) is 11.4. The summed E-state index contributed by atoms with van der Waals surface area (Å²) in [7, 11) is 3.09. The molecule has 0 unspecified atom stereocenters. The molecule has 0 aliphatic heterocycles. The fourth-order valence-corrected chi connectivity index (χ4v) is 2.17. The van der Waals surface area contributed by atoms with E-state index in [1.165, 1.54) is 7.11 Å². The number of benzene rings is 2. The Hall–Kier alpha value is -2.49. The lowest BCUT2D eigenvalue weighted by molar-refractivity contribution is 0.0697. The highest BCUT2D eigenvalue weighted by Gasteiger charge is 2.17. The molecular weight excluding hydrogens is 256 g/mol. The third kappa shape index (κ3) is 2.45. The minimum absolute atomic E-state index is 0.247. The van der Waals surface area contributed by atoms with Gasteiger partial charge < -0.3 is 14.6 Å². The predicted molar refractivity (Wildman–Crippen MR) is 76.7 cm³/mol. The van der Waals surface area contributed by atoms with Gasteiger partial charge in [0.2, 0.25) is 0 Å². The molecule has 0 atom stereocenters. The summed E-state index contributed by atoms with van der Waals surface area (Å²) in [5.74, 6) is 0.136. The van der Waals surface area contributed by atoms with Gasteiger partial charge in [-0.15, -0.1) is 0 Å². The Labute approximate surface area is 117 Å². The van der Waals surface area contributed by atoms with E-state index in [0.29, 0.717) is 22.6 Å². The molecule has 1 N–H and O–H groups in total. The van der Waals surface area contributed by atoms with Gasteiger partial charge in [0.25, 0.3) is 0 Å². The zero-order valence-electron chi connectivity index (χ0n) is 11.6. The van der Waals surface area contributed by atoms with Crippen LogP contribution in [0.25, 0.3) is 11.1 Å². The van der Waals surface area contributed by atoms with Crippen LogP contribution in [0.1, 0.15) is 15.9 Å². The number of methoxy groups -OCH3 is 2. The lowest BCUT2D eigenvalue weighted by atomic mass is 9.97. The maximum Gasteiger partial charge on any atom is 0.336 e. The van der Waals surface area contributed by atoms with Gasteiger partial charge in [-0.25, -0.2) is 4.79 Å². The molecule has 0 bridgehead atoms. The van der Waals surface area contributed by atoms with Crippen LogP contribution in [0.5, 0.6) is 11.5 Å². The van der Waals surface area contributed by atoms with Gasteiger partial charge in [0.05, 0.1) is 19.8 Å². The van der Waals surface area contributed by atoms with Crippen LogP contribution < -0.4 is 9.47 Å². The highest BCUT2D eigenvalue weighted by molar-refractivity contribution is 5.97. The SMILES string of the molecule is COc1cccc(-c2ccc(C)cc2C(=O)O)c1OC. The van der Waals surface area contributed by atoms with Crippen molar-refractivity contribution in [1.82, 2.24) is 0 Å². The Morgan fingerprint density at radius 3 is 2.40 bits per heavy atom. The Morgan fingerprint density at radius 2 is 1.80 bits per heavy atom. The molecular formula is C16H16O4. The first-order valence-corrected chi connectivity index (χ1v) is 6.13. The Kier molecular flexibility index (Phi) is 3.94. The van der Waals surface area contributed by atoms with Crippen molar-refractivity contribution in [2.75, 3.05) is 14.2 Å². The molecule has 0 saturated carbocycles. The summed E-state index contributed by atoms with van der Waals surface area (Å²) in [5, 5.41) is 9.37. The Morgan fingerprint density at radius 1 is 1.05 bits per heavy atom. The maximum atomic E-state index is 11.4. The molecule has 2 aromatic carbocycles. The molecule has 2 rings (SSSR count). The average Bonchev–Trinajstić information content (AvgIpc) is 2.46. The highest BCUT2D eigenvalue weighted by Crippen LogP contribution is 2.39. The number of rotatable bonds is 4. The number of carboxylic acid groups (broad SMARTS) is 1. The molecule has 0 aromatic heterocycles. The number of hydrogen-bond donors (Lipinski definition) is 1. The number of para-hydroxylation sites is 1. The number of ether oxygens (including phenoxy) is 2. The van der Waals surface area contributed by atoms with Gasteiger partial charge in [0.1, 0.15) is 0 Å². The Balaban J connectivity index is 2.71. The molecule has 0 spiro atoms. The van der Waals surface area contributed by atoms with Crippen molar-refractivity contribution in [3.8, 4) is 22.6 Å². The van der Waals surface area contributed by atoms with Crippen LogP contribution in [0.15, 0.2) is 36.4 Å². The standard InChI is InChI=1S/C16H16O4/c1-10-7-8-11(13(9-10)16(17)18)12-5-4-6-14(19-2)15(12)20-3/h4-9H,1-3H3,(H,17,18). The molecule has 0 amide bonds. The maximum absolute atomic E-state index is 11.4. The van der Waals surface area contributed by atoms with E-state index < -0.39 is 5.97 Å². The lowest BCUT2D eigenvalue weighted by Gasteiger charge is -2.14. The second-order valence-electron chi connectivity index (χ2n) is 4.40. The topological polar surface area (TPSA) is 55.8 Å². The van der Waals surface area contributed by atoms with Crippen molar-refractivity contribution in [3.63, 3.8) is 0 Å². The van der Waals surface area contributed by atoms with Gasteiger partial charge in [-0.1, -0.05) is 29.8 Å². The smallest absolute Gasteiger partial charge is 0.336 e. The first-order valence-electron chi connectivity index (χ1n) is 6.13. The fourth-order valence-electron chi connectivity index (χ4n) is 2.17. The molecule has 104 valence electrons. The van der Waals surface area contributed by atoms with E-state index in [1.54, 1.807) is 25.3 Å². The third-order valence-corrected chi connectivity index (χ3v) is 3.10. The van der Waals surface area contributed by atoms with E-state index in [4.69, 9.17) is 9.47 Å². The summed E-state index contributed by atoms with van der Waals surface area (Å²) < 4.78 is 10.6. The molecule has 0 fully saturated rings. The van der Waals surface area contributed by atoms with Crippen molar-refractivity contribution in [2.45, 2.75) is 6.92 Å². The molecule has 4 heteroatoms. The van der Waals surface area contributed by atoms with Crippen molar-refractivity contribution < 1.29 is 19.4 Å². The second-order valence-corrected chi connectivity index (χ2v) is 4.40. The molecule has 20 heavy (non-hydrogen) atoms. The average molecular weight is 272 g/mol. The number of carboxylic acids is 1. The van der Waals surface area contributed by atoms with Crippen LogP contribution in [-0.2, 0) is 0 Å². The lowest BCUT2D eigenvalue weighted by Crippen LogP contribution is -2.01. The van der Waals surface area contributed by atoms with E-state index in [1.807, 2.05) is 25.1 Å². The van der Waals surface area contributed by atoms with Gasteiger partial charge in [-0.05, 0) is 19.1 Å². The minimum Gasteiger partial charge on any atom is -0.493 e. The van der Waals surface area contributed by atoms with Gasteiger partial charge in [0, 0.05) is 11.1 Å². The summed E-state index contributed by atoms with van der Waals surface area (Å²) in [6.45, 7) is 1.86. The van der Waals surface area contributed by atoms with E-state index >= 15 is 0 Å². The first kappa shape index (κ1) is 13.9. The van der Waals surface area contributed by atoms with Crippen LogP contribution in [0.3, 0.4) is 0 Å². The molecule has 0 aliphatic rings. The number of hydrogen-bond acceptors (Lipinski definition) is 3. The van der Waals surface area contributed by atoms with Gasteiger partial charge >= 0.3 is 5.97 Å². The number of aryl methyl sites for hydroxylation is 1. The minimum atomic E-state index is -0.964. The van der Waals surface area contributed by atoms with Crippen molar-refractivity contribution >= 4 is 5.97 Å². The summed E-state index contributed by atoms with van der Waals surface area (Å²) >= 11 is 0. The summed E-state index contributed by atoms with van der Waals surface area (Å²) in [6, 6.07) is 10.7. The molecule has 0 aliphatic carbocycles. The van der Waals surface area contributed by atoms with Gasteiger partial charge in [0.15, 0.2) is 11.5 Å². The normalized spacial score (nSPS) is 10.2. The molecule has 0 radical (unpaired) electrons. The van der Waals surface area contributed by atoms with Crippen LogP contribution in [-0.4, -0.2) is 25.3 Å². The van der Waals surface area contributed by atoms with E-state index in [2.05, 4.69) is 0 Å². The summed E-state index contributed by atoms with van der Waals surface area (Å²) in [6.07, 6.45) is 0. The van der Waals surface area contributed by atoms with Crippen LogP contribution in [0, 0.1) is 6.92 Å². The van der Waals surface area contributed by atoms with Gasteiger partial charge in [-0.2, -0.15) is 0 Å². The fraction of sp³-hybridized carbons (Fsp3) is 0.188. The third-order valence-electron chi connectivity index (χ3n) is 3.10. The van der Waals surface area contributed by atoms with Gasteiger partial charge in [-0.3, -0.25) is 0 Å². The predicted octanol–water partition coefficient (Wildman–Crippen LogP) is 3.38. The summed E-state index contributed by atoms with van der Waals surface area (Å²) in [5.41, 5.74) is 2.45. The van der Waals surface area contributed by atoms with Crippen LogP contribution in [0.2, 0.25) is 0 Å². The highest BCUT2D eigenvalue weighted by atomic mass is 16.5. The number of carbonyl (C=O) groups is 1. The van der Waals surface area contributed by atoms with E-state index in [-0.39, 0.29) is 5.56 Å². The van der Waals surface area contributed by atoms with Crippen molar-refractivity contribution in [3.05, 3.63) is 47.5 Å². The molecule has 0 saturated heterocycles. The largest absolute Gasteiger partial charge is 0.493 e. The van der Waals surface area contributed by atoms with E-state index in [9.17, 15) is 9.90 Å². The van der Waals surface area contributed by atoms with Crippen molar-refractivity contribution in [2.24, 2.45) is 0 Å². The monoisotopic (exact) mass is 272 g/mol. The quantitative estimate of drug-likeness (QED) is 0.927. The molecule has 2 aromatic rings. The Bertz CT molecular complexity index is 647. The van der Waals surface area contributed by atoms with Crippen LogP contribution >= 0.6 is 0 Å². The number of aromatic carboxylic acids is 1.